The second-order valence-corrected chi connectivity index (χ2v) is 7.60. The van der Waals surface area contributed by atoms with Crippen LogP contribution in [-0.2, 0) is 11.2 Å². The van der Waals surface area contributed by atoms with Gasteiger partial charge in [-0.3, -0.25) is 4.79 Å². The fourth-order valence-electron chi connectivity index (χ4n) is 2.88. The van der Waals surface area contributed by atoms with E-state index in [0.717, 1.165) is 6.07 Å². The van der Waals surface area contributed by atoms with E-state index in [0.29, 0.717) is 15.0 Å². The summed E-state index contributed by atoms with van der Waals surface area (Å²) in [4.78, 5) is 37.0. The quantitative estimate of drug-likeness (QED) is 0.586. The number of rotatable bonds is 5. The maximum absolute atomic E-state index is 13.8. The van der Waals surface area contributed by atoms with Crippen molar-refractivity contribution in [1.29, 1.82) is 0 Å². The largest absolute Gasteiger partial charge is 0.344 e. The van der Waals surface area contributed by atoms with Crippen molar-refractivity contribution in [3.8, 4) is 0 Å². The first-order valence-electron chi connectivity index (χ1n) is 8.62. The zero-order valence-electron chi connectivity index (χ0n) is 15.3. The van der Waals surface area contributed by atoms with E-state index in [1.807, 2.05) is 0 Å². The maximum atomic E-state index is 13.8. The summed E-state index contributed by atoms with van der Waals surface area (Å²) in [6.45, 7) is 1.49. The molecule has 0 radical (unpaired) electrons. The van der Waals surface area contributed by atoms with Crippen LogP contribution in [0.4, 0.5) is 24.1 Å². The first kappa shape index (κ1) is 20.7. The van der Waals surface area contributed by atoms with Crippen LogP contribution in [0.15, 0.2) is 46.9 Å². The lowest BCUT2D eigenvalue weighted by molar-refractivity contribution is -0.132. The zero-order valence-corrected chi connectivity index (χ0v) is 16.8. The number of amides is 5. The van der Waals surface area contributed by atoms with Crippen LogP contribution in [0.2, 0.25) is 0 Å². The predicted octanol–water partition coefficient (Wildman–Crippen LogP) is 3.71. The molecule has 152 valence electrons. The van der Waals surface area contributed by atoms with Gasteiger partial charge in [0.05, 0.1) is 5.69 Å². The Labute approximate surface area is 173 Å². The molecule has 1 aliphatic rings. The molecule has 0 aliphatic carbocycles. The molecule has 0 spiro atoms. The number of hydrazine groups is 1. The van der Waals surface area contributed by atoms with E-state index >= 15 is 0 Å². The first-order chi connectivity index (χ1) is 13.7. The highest BCUT2D eigenvalue weighted by atomic mass is 79.9. The van der Waals surface area contributed by atoms with E-state index < -0.39 is 35.1 Å². The number of halogens is 3. The van der Waals surface area contributed by atoms with Crippen molar-refractivity contribution in [2.24, 2.45) is 0 Å². The highest BCUT2D eigenvalue weighted by molar-refractivity contribution is 9.10. The van der Waals surface area contributed by atoms with Gasteiger partial charge in [0.1, 0.15) is 17.2 Å². The van der Waals surface area contributed by atoms with Crippen molar-refractivity contribution in [2.45, 2.75) is 25.3 Å². The molecule has 0 bridgehead atoms. The Morgan fingerprint density at radius 2 is 1.90 bits per heavy atom. The third-order valence-electron chi connectivity index (χ3n) is 4.51. The average molecular weight is 467 g/mol. The molecule has 0 saturated carbocycles. The number of aryl methyl sites for hydroxylation is 1. The van der Waals surface area contributed by atoms with Crippen LogP contribution in [0.25, 0.3) is 0 Å². The molecule has 29 heavy (non-hydrogen) atoms. The Morgan fingerprint density at radius 3 is 2.59 bits per heavy atom. The van der Waals surface area contributed by atoms with Gasteiger partial charge in [-0.2, -0.15) is 5.01 Å². The number of carbonyl (C=O) groups is 3. The lowest BCUT2D eigenvalue weighted by atomic mass is 9.93. The highest BCUT2D eigenvalue weighted by Gasteiger charge is 2.48. The van der Waals surface area contributed by atoms with Gasteiger partial charge in [0, 0.05) is 4.47 Å². The molecule has 0 unspecified atom stereocenters. The summed E-state index contributed by atoms with van der Waals surface area (Å²) < 4.78 is 28.1. The molecule has 1 fully saturated rings. The van der Waals surface area contributed by atoms with Crippen molar-refractivity contribution in [3.63, 3.8) is 0 Å². The van der Waals surface area contributed by atoms with Crippen LogP contribution >= 0.6 is 15.9 Å². The summed E-state index contributed by atoms with van der Waals surface area (Å²) in [5.74, 6) is -1.80. The molecule has 2 aromatic carbocycles. The Hall–Kier alpha value is -3.01. The Bertz CT molecular complexity index is 988. The number of carbonyl (C=O) groups excluding carboxylic acids is 3. The molecule has 1 saturated heterocycles. The summed E-state index contributed by atoms with van der Waals surface area (Å²) in [7, 11) is 0. The van der Waals surface area contributed by atoms with Gasteiger partial charge in [-0.25, -0.2) is 23.8 Å². The number of imide groups is 1. The Kier molecular flexibility index (Phi) is 5.83. The van der Waals surface area contributed by atoms with E-state index in [2.05, 4.69) is 32.0 Å². The van der Waals surface area contributed by atoms with Crippen LogP contribution in [0, 0.1) is 11.6 Å². The van der Waals surface area contributed by atoms with Gasteiger partial charge in [0.15, 0.2) is 0 Å². The van der Waals surface area contributed by atoms with Gasteiger partial charge in [-0.1, -0.05) is 34.1 Å². The molecule has 0 aromatic heterocycles. The molecule has 2 aromatic rings. The molecule has 3 N–H and O–H groups in total. The SMILES string of the molecule is C[C@@]1(CCc2ccccc2F)NC(=O)N(NC(=O)Nc2ccc(Br)cc2F)C1=O. The van der Waals surface area contributed by atoms with E-state index in [1.165, 1.54) is 25.1 Å². The fourth-order valence-corrected chi connectivity index (χ4v) is 3.22. The van der Waals surface area contributed by atoms with Crippen molar-refractivity contribution in [3.05, 3.63) is 64.1 Å². The van der Waals surface area contributed by atoms with Crippen LogP contribution in [-0.4, -0.2) is 28.5 Å². The van der Waals surface area contributed by atoms with E-state index in [4.69, 9.17) is 0 Å². The Balaban J connectivity index is 1.65. The van der Waals surface area contributed by atoms with E-state index in [-0.39, 0.29) is 18.5 Å². The van der Waals surface area contributed by atoms with Gasteiger partial charge in [0.2, 0.25) is 0 Å². The molecular formula is C19H17BrF2N4O3. The monoisotopic (exact) mass is 466 g/mol. The van der Waals surface area contributed by atoms with Gasteiger partial charge in [0.25, 0.3) is 5.91 Å². The highest BCUT2D eigenvalue weighted by Crippen LogP contribution is 2.23. The van der Waals surface area contributed by atoms with Gasteiger partial charge >= 0.3 is 12.1 Å². The standard InChI is InChI=1S/C19H17BrF2N4O3/c1-19(9-8-11-4-2-3-5-13(11)21)16(27)26(18(29)24-19)25-17(28)23-15-7-6-12(20)10-14(15)22/h2-7,10H,8-9H2,1H3,(H,24,29)(H2,23,25,28)/t19-/m0/s1. The molecule has 1 aliphatic heterocycles. The minimum atomic E-state index is -1.32. The molecular weight excluding hydrogens is 450 g/mol. The minimum absolute atomic E-state index is 0.125. The maximum Gasteiger partial charge on any atom is 0.344 e. The number of nitrogens with zero attached hydrogens (tertiary/aromatic N) is 1. The third-order valence-corrected chi connectivity index (χ3v) is 5.00. The van der Waals surface area contributed by atoms with Gasteiger partial charge in [-0.15, -0.1) is 0 Å². The second-order valence-electron chi connectivity index (χ2n) is 6.68. The summed E-state index contributed by atoms with van der Waals surface area (Å²) in [6, 6.07) is 8.34. The molecule has 5 amide bonds. The fraction of sp³-hybridized carbons (Fsp3) is 0.211. The zero-order chi connectivity index (χ0) is 21.2. The molecule has 10 heteroatoms. The summed E-state index contributed by atoms with van der Waals surface area (Å²) in [5, 5.41) is 5.25. The lowest BCUT2D eigenvalue weighted by Crippen LogP contribution is -2.50. The summed E-state index contributed by atoms with van der Waals surface area (Å²) in [5.41, 5.74) is 1.06. The second kappa shape index (κ2) is 8.16. The van der Waals surface area contributed by atoms with Crippen LogP contribution in [0.3, 0.4) is 0 Å². The van der Waals surface area contributed by atoms with Crippen molar-refractivity contribution in [2.75, 3.05) is 5.32 Å². The third kappa shape index (κ3) is 4.53. The Morgan fingerprint density at radius 1 is 1.17 bits per heavy atom. The van der Waals surface area contributed by atoms with E-state index in [1.54, 1.807) is 18.2 Å². The lowest BCUT2D eigenvalue weighted by Gasteiger charge is -2.21. The smallest absolute Gasteiger partial charge is 0.322 e. The number of hydrogen-bond acceptors (Lipinski definition) is 3. The first-order valence-corrected chi connectivity index (χ1v) is 9.42. The van der Waals surface area contributed by atoms with Crippen molar-refractivity contribution < 1.29 is 23.2 Å². The van der Waals surface area contributed by atoms with E-state index in [9.17, 15) is 23.2 Å². The molecule has 3 rings (SSSR count). The minimum Gasteiger partial charge on any atom is -0.322 e. The average Bonchev–Trinajstić information content (AvgIpc) is 2.87. The predicted molar refractivity (Wildman–Crippen MR) is 105 cm³/mol. The van der Waals surface area contributed by atoms with Crippen LogP contribution in [0.1, 0.15) is 18.9 Å². The molecule has 1 atom stereocenters. The number of hydrogen-bond donors (Lipinski definition) is 3. The topological polar surface area (TPSA) is 90.5 Å². The number of benzene rings is 2. The number of nitrogens with one attached hydrogen (secondary N) is 3. The number of anilines is 1. The van der Waals surface area contributed by atoms with Crippen LogP contribution in [0.5, 0.6) is 0 Å². The van der Waals surface area contributed by atoms with Crippen LogP contribution < -0.4 is 16.1 Å². The molecule has 7 nitrogen and oxygen atoms in total. The summed E-state index contributed by atoms with van der Waals surface area (Å²) in [6.07, 6.45) is 0.332. The summed E-state index contributed by atoms with van der Waals surface area (Å²) >= 11 is 3.10. The van der Waals surface area contributed by atoms with Crippen molar-refractivity contribution >= 4 is 39.6 Å². The van der Waals surface area contributed by atoms with Crippen molar-refractivity contribution in [1.82, 2.24) is 15.8 Å². The molecule has 1 heterocycles. The van der Waals surface area contributed by atoms with Gasteiger partial charge in [-0.05, 0) is 49.6 Å². The normalized spacial score (nSPS) is 18.6. The van der Waals surface area contributed by atoms with Gasteiger partial charge < -0.3 is 10.6 Å². The number of urea groups is 2.